The summed E-state index contributed by atoms with van der Waals surface area (Å²) < 4.78 is 2.99. The van der Waals surface area contributed by atoms with E-state index in [0.717, 1.165) is 37.6 Å². The average Bonchev–Trinajstić information content (AvgIpc) is 3.31. The molecule has 30 heavy (non-hydrogen) atoms. The lowest BCUT2D eigenvalue weighted by Crippen LogP contribution is -2.20. The molecule has 1 amide bonds. The Kier molecular flexibility index (Phi) is 5.96. The first kappa shape index (κ1) is 20.3. The van der Waals surface area contributed by atoms with Gasteiger partial charge in [0.25, 0.3) is 0 Å². The van der Waals surface area contributed by atoms with Crippen LogP contribution in [-0.4, -0.2) is 35.6 Å². The number of hydrazone groups is 1. The lowest BCUT2D eigenvalue weighted by atomic mass is 10.2. The van der Waals surface area contributed by atoms with Crippen LogP contribution in [0.5, 0.6) is 0 Å². The van der Waals surface area contributed by atoms with Gasteiger partial charge in [0.05, 0.1) is 18.3 Å². The number of halogens is 1. The molecule has 0 aliphatic heterocycles. The number of anilines is 1. The van der Waals surface area contributed by atoms with Gasteiger partial charge in [0.2, 0.25) is 5.91 Å². The number of amides is 1. The number of nitrogens with one attached hydrogen (secondary N) is 1. The first-order valence-corrected chi connectivity index (χ1v) is 11.0. The van der Waals surface area contributed by atoms with Crippen LogP contribution in [0.1, 0.15) is 11.3 Å². The summed E-state index contributed by atoms with van der Waals surface area (Å²) in [6.07, 6.45) is 3.84. The number of thiazole rings is 1. The highest BCUT2D eigenvalue weighted by Crippen LogP contribution is 2.25. The van der Waals surface area contributed by atoms with Crippen LogP contribution in [0.15, 0.2) is 69.7 Å². The van der Waals surface area contributed by atoms with Crippen LogP contribution in [0.2, 0.25) is 0 Å². The van der Waals surface area contributed by atoms with Gasteiger partial charge >= 0.3 is 0 Å². The Labute approximate surface area is 187 Å². The normalized spacial score (nSPS) is 11.3. The number of hydrogen-bond donors (Lipinski definition) is 1. The molecular weight excluding hydrogens is 462 g/mol. The number of nitrogens with zero attached hydrogens (tertiary/aromatic N) is 4. The number of imidazole rings is 1. The number of carbonyl (C=O) groups is 1. The third-order valence-corrected chi connectivity index (χ3v) is 5.99. The van der Waals surface area contributed by atoms with Crippen molar-refractivity contribution in [3.8, 4) is 11.3 Å². The molecule has 0 unspecified atom stereocenters. The molecule has 0 aliphatic rings. The van der Waals surface area contributed by atoms with Crippen LogP contribution in [0.4, 0.5) is 5.69 Å². The van der Waals surface area contributed by atoms with Gasteiger partial charge in [0.15, 0.2) is 4.96 Å². The number of fused-ring (bicyclic) bond motifs is 1. The average molecular weight is 482 g/mol. The second kappa shape index (κ2) is 8.81. The minimum absolute atomic E-state index is 0.172. The fourth-order valence-corrected chi connectivity index (χ4v) is 4.09. The SMILES string of the molecule is CN(C)c1ccc(/C=N/NC(=O)Cc2csc3nc(-c4ccc(Br)cc4)cn23)cc1. The highest BCUT2D eigenvalue weighted by Gasteiger charge is 2.12. The Morgan fingerprint density at radius 1 is 1.20 bits per heavy atom. The van der Waals surface area contributed by atoms with Crippen LogP contribution in [0.25, 0.3) is 16.2 Å². The minimum atomic E-state index is -0.172. The summed E-state index contributed by atoms with van der Waals surface area (Å²) in [5, 5.41) is 6.03. The fourth-order valence-electron chi connectivity index (χ4n) is 2.96. The molecule has 4 aromatic rings. The Hall–Kier alpha value is -2.97. The van der Waals surface area contributed by atoms with Gasteiger partial charge in [-0.25, -0.2) is 10.4 Å². The summed E-state index contributed by atoms with van der Waals surface area (Å²) >= 11 is 4.97. The first-order valence-electron chi connectivity index (χ1n) is 9.30. The van der Waals surface area contributed by atoms with Gasteiger partial charge in [-0.15, -0.1) is 11.3 Å². The van der Waals surface area contributed by atoms with Gasteiger partial charge in [-0.3, -0.25) is 9.20 Å². The van der Waals surface area contributed by atoms with Crippen molar-refractivity contribution in [3.63, 3.8) is 0 Å². The maximum absolute atomic E-state index is 12.3. The zero-order chi connectivity index (χ0) is 21.1. The van der Waals surface area contributed by atoms with E-state index in [-0.39, 0.29) is 12.3 Å². The maximum atomic E-state index is 12.3. The number of hydrogen-bond acceptors (Lipinski definition) is 5. The van der Waals surface area contributed by atoms with E-state index in [0.29, 0.717) is 0 Å². The van der Waals surface area contributed by atoms with Crippen molar-refractivity contribution in [2.45, 2.75) is 6.42 Å². The van der Waals surface area contributed by atoms with Gasteiger partial charge in [-0.1, -0.05) is 40.2 Å². The third-order valence-electron chi connectivity index (χ3n) is 4.58. The van der Waals surface area contributed by atoms with E-state index in [2.05, 4.69) is 31.4 Å². The Morgan fingerprint density at radius 2 is 1.93 bits per heavy atom. The second-order valence-electron chi connectivity index (χ2n) is 6.97. The first-order chi connectivity index (χ1) is 14.5. The van der Waals surface area contributed by atoms with E-state index in [1.165, 1.54) is 11.3 Å². The summed E-state index contributed by atoms with van der Waals surface area (Å²) in [5.74, 6) is -0.172. The predicted octanol–water partition coefficient (Wildman–Crippen LogP) is 4.58. The molecule has 0 saturated carbocycles. The van der Waals surface area contributed by atoms with Crippen molar-refractivity contribution in [1.82, 2.24) is 14.8 Å². The summed E-state index contributed by atoms with van der Waals surface area (Å²) in [5.41, 5.74) is 7.44. The summed E-state index contributed by atoms with van der Waals surface area (Å²) in [4.78, 5) is 19.9. The van der Waals surface area contributed by atoms with E-state index in [9.17, 15) is 4.79 Å². The smallest absolute Gasteiger partial charge is 0.246 e. The van der Waals surface area contributed by atoms with Crippen molar-refractivity contribution in [2.75, 3.05) is 19.0 Å². The Morgan fingerprint density at radius 3 is 2.63 bits per heavy atom. The highest BCUT2D eigenvalue weighted by molar-refractivity contribution is 9.10. The van der Waals surface area contributed by atoms with Gasteiger partial charge in [-0.05, 0) is 29.8 Å². The fraction of sp³-hybridized carbons (Fsp3) is 0.136. The van der Waals surface area contributed by atoms with Gasteiger partial charge in [0, 0.05) is 47.1 Å². The van der Waals surface area contributed by atoms with Crippen molar-refractivity contribution >= 4 is 50.0 Å². The minimum Gasteiger partial charge on any atom is -0.378 e. The maximum Gasteiger partial charge on any atom is 0.246 e. The van der Waals surface area contributed by atoms with E-state index in [1.807, 2.05) is 83.5 Å². The molecule has 0 saturated heterocycles. The lowest BCUT2D eigenvalue weighted by Gasteiger charge is -2.11. The van der Waals surface area contributed by atoms with Crippen LogP contribution < -0.4 is 10.3 Å². The molecule has 0 aliphatic carbocycles. The lowest BCUT2D eigenvalue weighted by molar-refractivity contribution is -0.120. The molecular formula is C22H20BrN5OS. The molecule has 2 aromatic heterocycles. The monoisotopic (exact) mass is 481 g/mol. The van der Waals surface area contributed by atoms with Crippen molar-refractivity contribution < 1.29 is 4.79 Å². The molecule has 4 rings (SSSR count). The van der Waals surface area contributed by atoms with Crippen LogP contribution in [-0.2, 0) is 11.2 Å². The largest absolute Gasteiger partial charge is 0.378 e. The highest BCUT2D eigenvalue weighted by atomic mass is 79.9. The van der Waals surface area contributed by atoms with Crippen LogP contribution >= 0.6 is 27.3 Å². The van der Waals surface area contributed by atoms with Crippen LogP contribution in [0, 0.1) is 0 Å². The zero-order valence-corrected chi connectivity index (χ0v) is 18.9. The molecule has 6 nitrogen and oxygen atoms in total. The molecule has 0 atom stereocenters. The molecule has 0 bridgehead atoms. The van der Waals surface area contributed by atoms with Crippen LogP contribution in [0.3, 0.4) is 0 Å². The molecule has 0 radical (unpaired) electrons. The second-order valence-corrected chi connectivity index (χ2v) is 8.72. The molecule has 2 heterocycles. The predicted molar refractivity (Wildman–Crippen MR) is 126 cm³/mol. The summed E-state index contributed by atoms with van der Waals surface area (Å²) in [6, 6.07) is 15.9. The number of carbonyl (C=O) groups excluding carboxylic acids is 1. The molecule has 1 N–H and O–H groups in total. The number of benzene rings is 2. The Balaban J connectivity index is 1.41. The number of rotatable bonds is 6. The standard InChI is InChI=1S/C22H20BrN5OS/c1-27(2)18-9-3-15(4-10-18)12-24-26-21(29)11-19-14-30-22-25-20(13-28(19)22)16-5-7-17(23)8-6-16/h3-10,12-14H,11H2,1-2H3,(H,26,29)/b24-12+. The quantitative estimate of drug-likeness (QED) is 0.323. The van der Waals surface area contributed by atoms with E-state index < -0.39 is 0 Å². The van der Waals surface area contributed by atoms with Gasteiger partial charge < -0.3 is 4.90 Å². The Bertz CT molecular complexity index is 1190. The van der Waals surface area contributed by atoms with E-state index >= 15 is 0 Å². The molecule has 0 spiro atoms. The summed E-state index contributed by atoms with van der Waals surface area (Å²) in [6.45, 7) is 0. The molecule has 8 heteroatoms. The van der Waals surface area contributed by atoms with E-state index in [1.54, 1.807) is 6.21 Å². The van der Waals surface area contributed by atoms with Crippen molar-refractivity contribution in [1.29, 1.82) is 0 Å². The van der Waals surface area contributed by atoms with Gasteiger partial charge in [0.1, 0.15) is 0 Å². The third kappa shape index (κ3) is 4.60. The topological polar surface area (TPSA) is 62.0 Å². The molecule has 0 fully saturated rings. The van der Waals surface area contributed by atoms with Crippen molar-refractivity contribution in [2.24, 2.45) is 5.10 Å². The summed E-state index contributed by atoms with van der Waals surface area (Å²) in [7, 11) is 3.99. The molecule has 152 valence electrons. The van der Waals surface area contributed by atoms with E-state index in [4.69, 9.17) is 0 Å². The molecule has 2 aromatic carbocycles. The van der Waals surface area contributed by atoms with Crippen molar-refractivity contribution in [3.05, 3.63) is 75.8 Å². The van der Waals surface area contributed by atoms with Gasteiger partial charge in [-0.2, -0.15) is 5.10 Å². The number of aromatic nitrogens is 2. The zero-order valence-electron chi connectivity index (χ0n) is 16.5.